The summed E-state index contributed by atoms with van der Waals surface area (Å²) in [6.07, 6.45) is 0.533. The normalized spacial score (nSPS) is 9.69. The summed E-state index contributed by atoms with van der Waals surface area (Å²) in [6, 6.07) is 2.58. The van der Waals surface area contributed by atoms with E-state index in [0.717, 1.165) is 0 Å². The highest BCUT2D eigenvalue weighted by Gasteiger charge is 2.10. The number of rotatable bonds is 2. The number of carbonyl (C=O) groups excluding carboxylic acids is 2. The summed E-state index contributed by atoms with van der Waals surface area (Å²) < 4.78 is 0. The van der Waals surface area contributed by atoms with E-state index in [1.807, 2.05) is 0 Å². The molecule has 0 bridgehead atoms. The molecular formula is C8H5Cl2NO2. The second kappa shape index (κ2) is 3.77. The van der Waals surface area contributed by atoms with Crippen LogP contribution in [0.25, 0.3) is 0 Å². The summed E-state index contributed by atoms with van der Waals surface area (Å²) in [7, 11) is 0. The molecule has 68 valence electrons. The number of carbonyl (C=O) groups is 2. The third-order valence-electron chi connectivity index (χ3n) is 1.48. The quantitative estimate of drug-likeness (QED) is 0.770. The number of halogens is 2. The third-order valence-corrected chi connectivity index (χ3v) is 2.12. The second-order valence-electron chi connectivity index (χ2n) is 2.34. The molecule has 0 unspecified atom stereocenters. The first-order valence-electron chi connectivity index (χ1n) is 3.30. The van der Waals surface area contributed by atoms with Crippen molar-refractivity contribution in [2.45, 2.75) is 0 Å². The van der Waals surface area contributed by atoms with Crippen molar-refractivity contribution in [3.05, 3.63) is 33.3 Å². The van der Waals surface area contributed by atoms with Crippen LogP contribution in [0.4, 0.5) is 0 Å². The molecular weight excluding hydrogens is 213 g/mol. The lowest BCUT2D eigenvalue weighted by Crippen LogP contribution is -2.12. The van der Waals surface area contributed by atoms with Gasteiger partial charge >= 0.3 is 0 Å². The highest BCUT2D eigenvalue weighted by atomic mass is 35.5. The number of nitrogens with two attached hydrogens (primary N) is 1. The average molecular weight is 218 g/mol. The molecule has 0 heterocycles. The maximum Gasteiger partial charge on any atom is 0.250 e. The van der Waals surface area contributed by atoms with Crippen molar-refractivity contribution >= 4 is 35.4 Å². The van der Waals surface area contributed by atoms with Gasteiger partial charge in [-0.15, -0.1) is 0 Å². The maximum absolute atomic E-state index is 10.8. The summed E-state index contributed by atoms with van der Waals surface area (Å²) in [5.41, 5.74) is 5.29. The lowest BCUT2D eigenvalue weighted by Gasteiger charge is -2.02. The fraction of sp³-hybridized carbons (Fsp3) is 0. The first-order chi connectivity index (χ1) is 6.06. The fourth-order valence-electron chi connectivity index (χ4n) is 0.845. The Morgan fingerprint density at radius 2 is 1.92 bits per heavy atom. The van der Waals surface area contributed by atoms with Gasteiger partial charge in [0.05, 0.1) is 15.6 Å². The molecule has 1 aromatic rings. The van der Waals surface area contributed by atoms with E-state index in [1.54, 1.807) is 0 Å². The van der Waals surface area contributed by atoms with Crippen molar-refractivity contribution in [3.8, 4) is 0 Å². The summed E-state index contributed by atoms with van der Waals surface area (Å²) >= 11 is 11.3. The molecule has 0 aliphatic carbocycles. The van der Waals surface area contributed by atoms with Crippen molar-refractivity contribution in [2.75, 3.05) is 0 Å². The minimum atomic E-state index is -0.690. The molecule has 0 aliphatic rings. The van der Waals surface area contributed by atoms with E-state index in [1.165, 1.54) is 12.1 Å². The number of primary amides is 1. The molecule has 1 rings (SSSR count). The van der Waals surface area contributed by atoms with Crippen LogP contribution in [0.3, 0.4) is 0 Å². The molecule has 0 saturated carbocycles. The van der Waals surface area contributed by atoms with Crippen LogP contribution in [-0.4, -0.2) is 12.2 Å². The number of amides is 1. The van der Waals surface area contributed by atoms with Gasteiger partial charge in [0.1, 0.15) is 0 Å². The Balaban J connectivity index is 3.38. The van der Waals surface area contributed by atoms with Gasteiger partial charge in [-0.2, -0.15) is 0 Å². The Kier molecular flexibility index (Phi) is 2.90. The molecule has 0 fully saturated rings. The molecule has 0 aromatic heterocycles. The molecule has 0 saturated heterocycles. The molecule has 5 heteroatoms. The monoisotopic (exact) mass is 217 g/mol. The summed E-state index contributed by atoms with van der Waals surface area (Å²) in [5.74, 6) is -0.690. The van der Waals surface area contributed by atoms with Crippen molar-refractivity contribution in [2.24, 2.45) is 5.73 Å². The number of aldehydes is 1. The van der Waals surface area contributed by atoms with E-state index in [9.17, 15) is 9.59 Å². The van der Waals surface area contributed by atoms with Gasteiger partial charge in [0, 0.05) is 5.56 Å². The largest absolute Gasteiger partial charge is 0.366 e. The number of hydrogen-bond donors (Lipinski definition) is 1. The van der Waals surface area contributed by atoms with Crippen molar-refractivity contribution < 1.29 is 9.59 Å². The predicted molar refractivity (Wildman–Crippen MR) is 50.4 cm³/mol. The smallest absolute Gasteiger partial charge is 0.250 e. The zero-order valence-electron chi connectivity index (χ0n) is 6.38. The SMILES string of the molecule is NC(=O)c1cc(C=O)c(Cl)cc1Cl. The van der Waals surface area contributed by atoms with E-state index < -0.39 is 5.91 Å². The third kappa shape index (κ3) is 1.99. The maximum atomic E-state index is 10.8. The van der Waals surface area contributed by atoms with E-state index in [-0.39, 0.29) is 21.2 Å². The second-order valence-corrected chi connectivity index (χ2v) is 3.15. The van der Waals surface area contributed by atoms with Crippen LogP contribution in [-0.2, 0) is 0 Å². The average Bonchev–Trinajstić information content (AvgIpc) is 2.03. The molecule has 0 radical (unpaired) electrons. The van der Waals surface area contributed by atoms with Gasteiger partial charge in [-0.3, -0.25) is 9.59 Å². The van der Waals surface area contributed by atoms with Crippen LogP contribution in [0.2, 0.25) is 10.0 Å². The van der Waals surface area contributed by atoms with Crippen LogP contribution >= 0.6 is 23.2 Å². The van der Waals surface area contributed by atoms with Crippen LogP contribution < -0.4 is 5.73 Å². The summed E-state index contributed by atoms with van der Waals surface area (Å²) in [4.78, 5) is 21.2. The zero-order valence-corrected chi connectivity index (χ0v) is 7.89. The molecule has 0 spiro atoms. The molecule has 0 atom stereocenters. The molecule has 1 aromatic carbocycles. The summed E-state index contributed by atoms with van der Waals surface area (Å²) in [6.45, 7) is 0. The van der Waals surface area contributed by atoms with E-state index in [4.69, 9.17) is 28.9 Å². The molecule has 2 N–H and O–H groups in total. The fourth-order valence-corrected chi connectivity index (χ4v) is 1.37. The van der Waals surface area contributed by atoms with E-state index in [0.29, 0.717) is 6.29 Å². The van der Waals surface area contributed by atoms with Crippen LogP contribution in [0, 0.1) is 0 Å². The van der Waals surface area contributed by atoms with Gasteiger partial charge in [0.2, 0.25) is 5.91 Å². The molecule has 3 nitrogen and oxygen atoms in total. The highest BCUT2D eigenvalue weighted by molar-refractivity contribution is 6.38. The van der Waals surface area contributed by atoms with Gasteiger partial charge < -0.3 is 5.73 Å². The minimum absolute atomic E-state index is 0.0909. The zero-order chi connectivity index (χ0) is 10.0. The van der Waals surface area contributed by atoms with Crippen LogP contribution in [0.1, 0.15) is 20.7 Å². The summed E-state index contributed by atoms with van der Waals surface area (Å²) in [5, 5.41) is 0.341. The van der Waals surface area contributed by atoms with Crippen LogP contribution in [0.15, 0.2) is 12.1 Å². The van der Waals surface area contributed by atoms with Gasteiger partial charge in [0.15, 0.2) is 6.29 Å². The Bertz CT molecular complexity index is 377. The number of benzene rings is 1. The Hall–Kier alpha value is -1.06. The minimum Gasteiger partial charge on any atom is -0.366 e. The van der Waals surface area contributed by atoms with Crippen molar-refractivity contribution in [3.63, 3.8) is 0 Å². The Morgan fingerprint density at radius 1 is 1.31 bits per heavy atom. The van der Waals surface area contributed by atoms with Gasteiger partial charge in [0.25, 0.3) is 0 Å². The Morgan fingerprint density at radius 3 is 2.38 bits per heavy atom. The molecule has 0 aliphatic heterocycles. The van der Waals surface area contributed by atoms with Gasteiger partial charge in [-0.1, -0.05) is 23.2 Å². The number of hydrogen-bond acceptors (Lipinski definition) is 2. The standard InChI is InChI=1S/C8H5Cl2NO2/c9-6-2-7(10)5(8(11)13)1-4(6)3-12/h1-3H,(H2,11,13). The first-order valence-corrected chi connectivity index (χ1v) is 4.06. The lowest BCUT2D eigenvalue weighted by atomic mass is 10.1. The van der Waals surface area contributed by atoms with E-state index in [2.05, 4.69) is 0 Å². The van der Waals surface area contributed by atoms with Crippen molar-refractivity contribution in [1.29, 1.82) is 0 Å². The Labute approximate surface area is 84.4 Å². The van der Waals surface area contributed by atoms with Crippen molar-refractivity contribution in [1.82, 2.24) is 0 Å². The first kappa shape index (κ1) is 10.0. The van der Waals surface area contributed by atoms with Gasteiger partial charge in [-0.25, -0.2) is 0 Å². The molecule has 13 heavy (non-hydrogen) atoms. The lowest BCUT2D eigenvalue weighted by molar-refractivity contribution is 0.100. The van der Waals surface area contributed by atoms with E-state index >= 15 is 0 Å². The van der Waals surface area contributed by atoms with Gasteiger partial charge in [-0.05, 0) is 12.1 Å². The van der Waals surface area contributed by atoms with Crippen LogP contribution in [0.5, 0.6) is 0 Å². The predicted octanol–water partition coefficient (Wildman–Crippen LogP) is 1.90. The highest BCUT2D eigenvalue weighted by Crippen LogP contribution is 2.23. The molecule has 1 amide bonds. The topological polar surface area (TPSA) is 60.2 Å².